The van der Waals surface area contributed by atoms with Crippen LogP contribution >= 0.6 is 15.9 Å². The molecule has 176 valence electrons. The van der Waals surface area contributed by atoms with Gasteiger partial charge in [0.05, 0.1) is 0 Å². The van der Waals surface area contributed by atoms with Gasteiger partial charge in [-0.15, -0.1) is 0 Å². The van der Waals surface area contributed by atoms with E-state index in [9.17, 15) is 14.7 Å². The van der Waals surface area contributed by atoms with Crippen molar-refractivity contribution < 1.29 is 14.7 Å². The topological polar surface area (TPSA) is 82.5 Å². The van der Waals surface area contributed by atoms with Gasteiger partial charge in [-0.1, -0.05) is 60.7 Å². The molecule has 0 bridgehead atoms. The number of aliphatic hydroxyl groups is 1. The number of benzene rings is 2. The molecule has 7 heteroatoms. The summed E-state index contributed by atoms with van der Waals surface area (Å²) in [6.07, 6.45) is 3.22. The molecule has 6 nitrogen and oxygen atoms in total. The third-order valence-electron chi connectivity index (χ3n) is 6.43. The second-order valence-electron chi connectivity index (χ2n) is 8.56. The fraction of sp³-hybridized carbons (Fsp3) is 0.296. The molecule has 34 heavy (non-hydrogen) atoms. The van der Waals surface area contributed by atoms with E-state index < -0.39 is 5.60 Å². The second kappa shape index (κ2) is 10.9. The maximum absolute atomic E-state index is 12.8. The van der Waals surface area contributed by atoms with E-state index in [-0.39, 0.29) is 30.6 Å². The molecule has 2 heterocycles. The Morgan fingerprint density at radius 2 is 1.53 bits per heavy atom. The van der Waals surface area contributed by atoms with E-state index in [1.807, 2.05) is 60.7 Å². The fourth-order valence-corrected chi connectivity index (χ4v) is 4.84. The summed E-state index contributed by atoms with van der Waals surface area (Å²) in [5, 5.41) is 14.7. The predicted molar refractivity (Wildman–Crippen MR) is 135 cm³/mol. The first-order chi connectivity index (χ1) is 16.5. The van der Waals surface area contributed by atoms with Gasteiger partial charge in [-0.3, -0.25) is 9.59 Å². The number of anilines is 1. The molecule has 1 aromatic heterocycles. The molecule has 0 saturated carbocycles. The number of carbonyl (C=O) groups is 2. The Balaban J connectivity index is 1.35. The zero-order valence-electron chi connectivity index (χ0n) is 18.9. The van der Waals surface area contributed by atoms with E-state index in [4.69, 9.17) is 0 Å². The molecule has 3 aromatic rings. The zero-order chi connectivity index (χ0) is 24.0. The summed E-state index contributed by atoms with van der Waals surface area (Å²) in [5.74, 6) is 0.164. The number of rotatable bonds is 7. The number of amides is 2. The van der Waals surface area contributed by atoms with Crippen LogP contribution in [0.25, 0.3) is 0 Å². The van der Waals surface area contributed by atoms with E-state index in [0.717, 1.165) is 15.6 Å². The number of nitrogens with zero attached hydrogens (tertiary/aromatic N) is 2. The first kappa shape index (κ1) is 24.1. The number of aromatic nitrogens is 1. The largest absolute Gasteiger partial charge is 0.380 e. The lowest BCUT2D eigenvalue weighted by Gasteiger charge is -2.42. The van der Waals surface area contributed by atoms with Crippen molar-refractivity contribution in [3.63, 3.8) is 0 Å². The lowest BCUT2D eigenvalue weighted by Crippen LogP contribution is -2.46. The zero-order valence-corrected chi connectivity index (χ0v) is 20.4. The van der Waals surface area contributed by atoms with Gasteiger partial charge in [-0.05, 0) is 57.9 Å². The highest BCUT2D eigenvalue weighted by molar-refractivity contribution is 9.10. The molecule has 0 radical (unpaired) electrons. The van der Waals surface area contributed by atoms with Crippen LogP contribution in [0.1, 0.15) is 36.8 Å². The highest BCUT2D eigenvalue weighted by Crippen LogP contribution is 2.41. The summed E-state index contributed by atoms with van der Waals surface area (Å²) in [6, 6.07) is 23.0. The Kier molecular flexibility index (Phi) is 7.75. The first-order valence-corrected chi connectivity index (χ1v) is 12.3. The summed E-state index contributed by atoms with van der Waals surface area (Å²) in [7, 11) is 0. The van der Waals surface area contributed by atoms with Gasteiger partial charge in [0.2, 0.25) is 11.8 Å². The maximum Gasteiger partial charge on any atom is 0.226 e. The summed E-state index contributed by atoms with van der Waals surface area (Å²) in [6.45, 7) is 1.11. The molecular weight excluding hydrogens is 494 g/mol. The number of pyridine rings is 1. The SMILES string of the molecule is O=C(CCC(=O)N1CCC(C(O)(c2ccccc2)c2ccccc2)CC1)Nc1ccc(Br)cn1. The van der Waals surface area contributed by atoms with E-state index in [1.54, 1.807) is 23.2 Å². The third-order valence-corrected chi connectivity index (χ3v) is 6.90. The van der Waals surface area contributed by atoms with Crippen molar-refractivity contribution in [2.45, 2.75) is 31.3 Å². The van der Waals surface area contributed by atoms with Gasteiger partial charge in [-0.25, -0.2) is 4.98 Å². The molecule has 2 amide bonds. The van der Waals surface area contributed by atoms with Gasteiger partial charge in [0.1, 0.15) is 11.4 Å². The molecule has 1 aliphatic rings. The van der Waals surface area contributed by atoms with Gasteiger partial charge in [0, 0.05) is 36.6 Å². The lowest BCUT2D eigenvalue weighted by molar-refractivity contribution is -0.135. The number of halogens is 1. The number of hydrogen-bond acceptors (Lipinski definition) is 4. The van der Waals surface area contributed by atoms with Crippen molar-refractivity contribution in [1.29, 1.82) is 0 Å². The molecule has 0 unspecified atom stereocenters. The van der Waals surface area contributed by atoms with Crippen LogP contribution in [0.15, 0.2) is 83.5 Å². The third kappa shape index (κ3) is 5.54. The van der Waals surface area contributed by atoms with Crippen molar-refractivity contribution in [3.8, 4) is 0 Å². The fourth-order valence-electron chi connectivity index (χ4n) is 4.60. The predicted octanol–water partition coefficient (Wildman–Crippen LogP) is 4.74. The molecule has 2 N–H and O–H groups in total. The summed E-state index contributed by atoms with van der Waals surface area (Å²) < 4.78 is 0.829. The van der Waals surface area contributed by atoms with Crippen LogP contribution in [0.3, 0.4) is 0 Å². The Morgan fingerprint density at radius 1 is 0.941 bits per heavy atom. The number of piperidine rings is 1. The average Bonchev–Trinajstić information content (AvgIpc) is 2.89. The molecule has 4 rings (SSSR count). The number of nitrogens with one attached hydrogen (secondary N) is 1. The second-order valence-corrected chi connectivity index (χ2v) is 9.48. The van der Waals surface area contributed by atoms with Crippen molar-refractivity contribution in [2.75, 3.05) is 18.4 Å². The highest BCUT2D eigenvalue weighted by Gasteiger charge is 2.42. The monoisotopic (exact) mass is 521 g/mol. The van der Waals surface area contributed by atoms with Gasteiger partial charge in [0.25, 0.3) is 0 Å². The van der Waals surface area contributed by atoms with Crippen LogP contribution in [0.4, 0.5) is 5.82 Å². The molecule has 1 saturated heterocycles. The molecule has 1 aliphatic heterocycles. The van der Waals surface area contributed by atoms with Crippen molar-refractivity contribution in [3.05, 3.63) is 94.6 Å². The van der Waals surface area contributed by atoms with Crippen molar-refractivity contribution >= 4 is 33.6 Å². The Hall–Kier alpha value is -3.03. The normalized spacial score (nSPS) is 14.6. The maximum atomic E-state index is 12.8. The van der Waals surface area contributed by atoms with E-state index >= 15 is 0 Å². The smallest absolute Gasteiger partial charge is 0.226 e. The molecule has 0 aliphatic carbocycles. The van der Waals surface area contributed by atoms with E-state index in [1.165, 1.54) is 0 Å². The number of carbonyl (C=O) groups excluding carboxylic acids is 2. The quantitative estimate of drug-likeness (QED) is 0.470. The first-order valence-electron chi connectivity index (χ1n) is 11.5. The van der Waals surface area contributed by atoms with Crippen LogP contribution < -0.4 is 5.32 Å². The molecule has 2 aromatic carbocycles. The summed E-state index contributed by atoms with van der Waals surface area (Å²) in [4.78, 5) is 30.9. The van der Waals surface area contributed by atoms with E-state index in [0.29, 0.717) is 31.7 Å². The van der Waals surface area contributed by atoms with E-state index in [2.05, 4.69) is 26.2 Å². The number of hydrogen-bond donors (Lipinski definition) is 2. The minimum atomic E-state index is -1.12. The van der Waals surface area contributed by atoms with Gasteiger partial charge in [-0.2, -0.15) is 0 Å². The standard InChI is InChI=1S/C27H28BrN3O3/c28-23-11-12-24(29-19-23)30-25(32)13-14-26(33)31-17-15-22(16-18-31)27(34,20-7-3-1-4-8-20)21-9-5-2-6-10-21/h1-12,19,22,34H,13-18H2,(H,29,30,32). The van der Waals surface area contributed by atoms with Crippen LogP contribution in [-0.2, 0) is 15.2 Å². The highest BCUT2D eigenvalue weighted by atomic mass is 79.9. The lowest BCUT2D eigenvalue weighted by atomic mass is 9.72. The van der Waals surface area contributed by atoms with Gasteiger partial charge >= 0.3 is 0 Å². The Labute approximate surface area is 208 Å². The summed E-state index contributed by atoms with van der Waals surface area (Å²) in [5.41, 5.74) is 0.614. The summed E-state index contributed by atoms with van der Waals surface area (Å²) >= 11 is 3.31. The van der Waals surface area contributed by atoms with Crippen LogP contribution in [0.5, 0.6) is 0 Å². The van der Waals surface area contributed by atoms with Crippen LogP contribution in [0.2, 0.25) is 0 Å². The molecular formula is C27H28BrN3O3. The molecule has 1 fully saturated rings. The van der Waals surface area contributed by atoms with Crippen molar-refractivity contribution in [1.82, 2.24) is 9.88 Å². The number of likely N-dealkylation sites (tertiary alicyclic amines) is 1. The van der Waals surface area contributed by atoms with Gasteiger partial charge in [0.15, 0.2) is 0 Å². The van der Waals surface area contributed by atoms with Crippen LogP contribution in [0, 0.1) is 5.92 Å². The van der Waals surface area contributed by atoms with Crippen LogP contribution in [-0.4, -0.2) is 39.9 Å². The van der Waals surface area contributed by atoms with Crippen molar-refractivity contribution in [2.24, 2.45) is 5.92 Å². The Bertz CT molecular complexity index is 1060. The minimum Gasteiger partial charge on any atom is -0.380 e. The molecule has 0 atom stereocenters. The minimum absolute atomic E-state index is 0.0203. The molecule has 0 spiro atoms. The Morgan fingerprint density at radius 3 is 2.06 bits per heavy atom. The van der Waals surface area contributed by atoms with Gasteiger partial charge < -0.3 is 15.3 Å². The average molecular weight is 522 g/mol.